The minimum Gasteiger partial charge on any atom is -0.504 e. The van der Waals surface area contributed by atoms with E-state index in [0.29, 0.717) is 40.5 Å². The van der Waals surface area contributed by atoms with Crippen LogP contribution in [0.2, 0.25) is 0 Å². The first-order chi connectivity index (χ1) is 21.1. The summed E-state index contributed by atoms with van der Waals surface area (Å²) in [6.45, 7) is 4.93. The van der Waals surface area contributed by atoms with Gasteiger partial charge in [-0.25, -0.2) is 0 Å². The van der Waals surface area contributed by atoms with E-state index < -0.39 is 47.4 Å². The molecule has 0 radical (unpaired) electrons. The van der Waals surface area contributed by atoms with Crippen LogP contribution in [0.4, 0.5) is 0 Å². The lowest BCUT2D eigenvalue weighted by Crippen LogP contribution is -2.69. The zero-order chi connectivity index (χ0) is 31.2. The summed E-state index contributed by atoms with van der Waals surface area (Å²) in [6.07, 6.45) is 0.522. The van der Waals surface area contributed by atoms with Crippen molar-refractivity contribution < 1.29 is 38.4 Å². The largest absolute Gasteiger partial charge is 0.504 e. The van der Waals surface area contributed by atoms with Crippen LogP contribution < -0.4 is 24.7 Å². The summed E-state index contributed by atoms with van der Waals surface area (Å²) in [4.78, 5) is 29.8. The van der Waals surface area contributed by atoms with E-state index in [1.54, 1.807) is 0 Å². The predicted octanol–water partition coefficient (Wildman–Crippen LogP) is 2.56. The normalized spacial score (nSPS) is 30.4. The first-order valence-electron chi connectivity index (χ1n) is 14.5. The SMILES string of the molecule is COc1c(C)cc2c(c1O)[C@@H]1C3[C@@H]4SC[C@H](N)C(=O)OC[C@@H](c5c6c(c(C)c(OC(C)=O)c54)OCO6)N3[C@@H](C#N)[C@H](C2)N1C. The maximum atomic E-state index is 13.0. The number of nitriles is 1. The molecule has 0 amide bonds. The Morgan fingerprint density at radius 2 is 1.93 bits per heavy atom. The number of aryl methyl sites for hydroxylation is 1. The van der Waals surface area contributed by atoms with E-state index >= 15 is 0 Å². The van der Waals surface area contributed by atoms with Crippen molar-refractivity contribution in [2.75, 3.05) is 33.3 Å². The standard InChI is InChI=1S/C31H34N4O8S/c1-12-6-15-7-17-18(8-32)35-19-9-40-31(38)16(33)10-44-30(24(35)23(34(17)4)20(15)25(37)26(12)39-5)22-21(19)29-28(41-11-42-29)13(2)27(22)43-14(3)36/h6,16-19,23-24,30,37H,7,9-11,33H2,1-5H3/t16-,17-,18-,19-,23+,24?,30+/m0/s1. The third-order valence-electron chi connectivity index (χ3n) is 9.69. The van der Waals surface area contributed by atoms with Gasteiger partial charge in [-0.15, -0.1) is 11.8 Å². The number of cyclic esters (lactones) is 1. The van der Waals surface area contributed by atoms with Gasteiger partial charge in [0.2, 0.25) is 6.79 Å². The number of thioether (sulfide) groups is 1. The van der Waals surface area contributed by atoms with Crippen molar-refractivity contribution in [3.63, 3.8) is 0 Å². The third-order valence-corrected chi connectivity index (χ3v) is 11.1. The Kier molecular flexibility index (Phi) is 6.89. The summed E-state index contributed by atoms with van der Waals surface area (Å²) in [7, 11) is 3.51. The molecule has 232 valence electrons. The predicted molar refractivity (Wildman–Crippen MR) is 158 cm³/mol. The van der Waals surface area contributed by atoms with Crippen molar-refractivity contribution in [2.45, 2.75) is 68.7 Å². The molecule has 4 bridgehead atoms. The van der Waals surface area contributed by atoms with E-state index in [0.717, 1.165) is 22.3 Å². The van der Waals surface area contributed by atoms with Crippen LogP contribution >= 0.6 is 11.8 Å². The third kappa shape index (κ3) is 3.94. The Morgan fingerprint density at radius 3 is 2.64 bits per heavy atom. The van der Waals surface area contributed by atoms with Crippen LogP contribution in [0.15, 0.2) is 6.07 Å². The Balaban J connectivity index is 1.56. The lowest BCUT2D eigenvalue weighted by molar-refractivity contribution is -0.150. The minimum atomic E-state index is -0.890. The number of likely N-dealkylation sites (N-methyl/N-ethyl adjacent to an activating group) is 1. The fraction of sp³-hybridized carbons (Fsp3) is 0.516. The van der Waals surface area contributed by atoms with Crippen molar-refractivity contribution in [3.05, 3.63) is 39.4 Å². The number of piperazine rings is 1. The summed E-state index contributed by atoms with van der Waals surface area (Å²) in [6, 6.07) is 1.36. The zero-order valence-corrected chi connectivity index (χ0v) is 25.9. The van der Waals surface area contributed by atoms with Crippen molar-refractivity contribution in [1.82, 2.24) is 9.80 Å². The van der Waals surface area contributed by atoms with E-state index in [9.17, 15) is 20.0 Å². The van der Waals surface area contributed by atoms with E-state index in [-0.39, 0.29) is 30.9 Å². The number of carbonyl (C=O) groups is 2. The van der Waals surface area contributed by atoms with Crippen LogP contribution in [-0.2, 0) is 20.7 Å². The van der Waals surface area contributed by atoms with Gasteiger partial charge >= 0.3 is 11.9 Å². The van der Waals surface area contributed by atoms with Gasteiger partial charge in [-0.1, -0.05) is 6.07 Å². The second kappa shape index (κ2) is 10.4. The number of methoxy groups -OCH3 is 1. The fourth-order valence-corrected chi connectivity index (χ4v) is 9.42. The van der Waals surface area contributed by atoms with Gasteiger partial charge in [0, 0.05) is 47.0 Å². The number of hydrogen-bond acceptors (Lipinski definition) is 13. The molecule has 44 heavy (non-hydrogen) atoms. The molecular formula is C31H34N4O8S. The van der Waals surface area contributed by atoms with Gasteiger partial charge in [-0.2, -0.15) is 5.26 Å². The average molecular weight is 623 g/mol. The number of phenolic OH excluding ortho intramolecular Hbond substituents is 1. The number of fused-ring (bicyclic) bond motifs is 9. The second-order valence-corrected chi connectivity index (χ2v) is 13.2. The Morgan fingerprint density at radius 1 is 1.18 bits per heavy atom. The number of ether oxygens (including phenoxy) is 5. The van der Waals surface area contributed by atoms with Crippen molar-refractivity contribution in [2.24, 2.45) is 5.73 Å². The molecule has 1 unspecified atom stereocenters. The van der Waals surface area contributed by atoms with E-state index in [1.807, 2.05) is 27.0 Å². The molecule has 2 aromatic rings. The maximum absolute atomic E-state index is 13.0. The Hall–Kier alpha value is -3.70. The first kappa shape index (κ1) is 29.0. The molecule has 0 spiro atoms. The number of benzene rings is 2. The van der Waals surface area contributed by atoms with Crippen LogP contribution in [0.25, 0.3) is 0 Å². The molecular weight excluding hydrogens is 588 g/mol. The Bertz CT molecular complexity index is 1640. The molecule has 12 nitrogen and oxygen atoms in total. The smallest absolute Gasteiger partial charge is 0.323 e. The molecule has 13 heteroatoms. The number of nitrogens with zero attached hydrogens (tertiary/aromatic N) is 3. The Labute approximate surface area is 258 Å². The van der Waals surface area contributed by atoms with E-state index in [1.165, 1.54) is 25.8 Å². The topological polar surface area (TPSA) is 157 Å². The van der Waals surface area contributed by atoms with E-state index in [4.69, 9.17) is 29.4 Å². The molecule has 2 aromatic carbocycles. The highest BCUT2D eigenvalue weighted by Crippen LogP contribution is 2.64. The van der Waals surface area contributed by atoms with Crippen LogP contribution in [0.3, 0.4) is 0 Å². The monoisotopic (exact) mass is 622 g/mol. The number of aromatic hydroxyl groups is 1. The molecule has 0 saturated carbocycles. The number of hydrogen-bond donors (Lipinski definition) is 2. The maximum Gasteiger partial charge on any atom is 0.323 e. The second-order valence-electron chi connectivity index (χ2n) is 12.0. The fourth-order valence-electron chi connectivity index (χ4n) is 7.98. The summed E-state index contributed by atoms with van der Waals surface area (Å²) >= 11 is 1.44. The van der Waals surface area contributed by atoms with Gasteiger partial charge in [-0.05, 0) is 38.4 Å². The number of nitrogens with two attached hydrogens (primary N) is 1. The zero-order valence-electron chi connectivity index (χ0n) is 25.1. The molecule has 0 aliphatic carbocycles. The highest BCUT2D eigenvalue weighted by molar-refractivity contribution is 7.99. The molecule has 2 fully saturated rings. The molecule has 0 aromatic heterocycles. The van der Waals surface area contributed by atoms with Crippen molar-refractivity contribution >= 4 is 23.7 Å². The summed E-state index contributed by atoms with van der Waals surface area (Å²) in [5, 5.41) is 22.1. The number of esters is 2. The summed E-state index contributed by atoms with van der Waals surface area (Å²) in [5.41, 5.74) is 10.8. The molecule has 2 saturated heterocycles. The number of carbonyl (C=O) groups excluding carboxylic acids is 2. The quantitative estimate of drug-likeness (QED) is 0.372. The molecule has 3 N–H and O–H groups in total. The van der Waals surface area contributed by atoms with Gasteiger partial charge < -0.3 is 34.5 Å². The first-order valence-corrected chi connectivity index (χ1v) is 15.6. The van der Waals surface area contributed by atoms with Crippen LogP contribution in [-0.4, -0.2) is 84.3 Å². The number of phenols is 1. The lowest BCUT2D eigenvalue weighted by atomic mass is 9.71. The molecule has 7 rings (SSSR count). The van der Waals surface area contributed by atoms with Crippen molar-refractivity contribution in [1.29, 1.82) is 5.26 Å². The van der Waals surface area contributed by atoms with Crippen LogP contribution in [0.5, 0.6) is 28.7 Å². The highest BCUT2D eigenvalue weighted by atomic mass is 32.2. The molecule has 5 aliphatic heterocycles. The van der Waals surface area contributed by atoms with Gasteiger partial charge in [-0.3, -0.25) is 19.4 Å². The summed E-state index contributed by atoms with van der Waals surface area (Å²) < 4.78 is 29.4. The van der Waals surface area contributed by atoms with Gasteiger partial charge in [0.05, 0.1) is 30.5 Å². The van der Waals surface area contributed by atoms with Crippen LogP contribution in [0, 0.1) is 25.2 Å². The highest BCUT2D eigenvalue weighted by Gasteiger charge is 2.60. The van der Waals surface area contributed by atoms with E-state index in [2.05, 4.69) is 15.9 Å². The molecule has 7 atom stereocenters. The van der Waals surface area contributed by atoms with Gasteiger partial charge in [0.1, 0.15) is 24.4 Å². The van der Waals surface area contributed by atoms with Gasteiger partial charge in [0.25, 0.3) is 0 Å². The number of rotatable bonds is 2. The molecule has 5 aliphatic rings. The summed E-state index contributed by atoms with van der Waals surface area (Å²) in [5.74, 6) is 0.953. The lowest BCUT2D eigenvalue weighted by Gasteiger charge is -2.61. The van der Waals surface area contributed by atoms with Gasteiger partial charge in [0.15, 0.2) is 23.0 Å². The van der Waals surface area contributed by atoms with Crippen LogP contribution in [0.1, 0.15) is 57.6 Å². The minimum absolute atomic E-state index is 0.0270. The average Bonchev–Trinajstić information content (AvgIpc) is 3.47. The molecule has 5 heterocycles. The van der Waals surface area contributed by atoms with Crippen molar-refractivity contribution in [3.8, 4) is 34.8 Å².